The van der Waals surface area contributed by atoms with Gasteiger partial charge >= 0.3 is 6.09 Å². The quantitative estimate of drug-likeness (QED) is 0.268. The van der Waals surface area contributed by atoms with Gasteiger partial charge in [-0.1, -0.05) is 38.2 Å². The minimum Gasteiger partial charge on any atom is -0.439 e. The molecule has 1 aliphatic heterocycles. The summed E-state index contributed by atoms with van der Waals surface area (Å²) in [4.78, 5) is 51.1. The number of hydrogen-bond donors (Lipinski definition) is 4. The average Bonchev–Trinajstić information content (AvgIpc) is 2.94. The number of ketones is 2. The highest BCUT2D eigenvalue weighted by atomic mass is 19.1. The second-order valence-electron chi connectivity index (χ2n) is 10.5. The number of carbonyl (C=O) groups excluding carboxylic acids is 4. The van der Waals surface area contributed by atoms with E-state index in [2.05, 4.69) is 10.6 Å². The molecule has 232 valence electrons. The Kier molecular flexibility index (Phi) is 13.3. The molecule has 1 aliphatic carbocycles. The van der Waals surface area contributed by atoms with Gasteiger partial charge in [0.25, 0.3) is 5.91 Å². The van der Waals surface area contributed by atoms with Crippen molar-refractivity contribution in [2.45, 2.75) is 65.0 Å². The summed E-state index contributed by atoms with van der Waals surface area (Å²) in [5.41, 5.74) is 5.99. The molecule has 12 heteroatoms. The van der Waals surface area contributed by atoms with Crippen LogP contribution in [0.15, 0.2) is 58.5 Å². The largest absolute Gasteiger partial charge is 0.439 e. The molecular weight excluding hydrogens is 549 g/mol. The highest BCUT2D eigenvalue weighted by molar-refractivity contribution is 6.23. The number of nitrogens with one attached hydrogen (secondary N) is 2. The third-order valence-corrected chi connectivity index (χ3v) is 7.19. The summed E-state index contributed by atoms with van der Waals surface area (Å²) in [7, 11) is 2.87. The number of fused-ring (bicyclic) bond motifs is 2. The van der Waals surface area contributed by atoms with Crippen LogP contribution in [0.3, 0.4) is 0 Å². The molecule has 2 aliphatic rings. The number of allylic oxidation sites excluding steroid dienone is 4. The number of Topliss-reactive ketones (excluding diaryl/α,β-unsaturated/α-hetero) is 1. The normalized spacial score (nSPS) is 31.7. The smallest absolute Gasteiger partial charge is 0.405 e. The summed E-state index contributed by atoms with van der Waals surface area (Å²) in [6.07, 6.45) is 3.29. The van der Waals surface area contributed by atoms with Crippen molar-refractivity contribution in [2.75, 3.05) is 27.4 Å². The van der Waals surface area contributed by atoms with Gasteiger partial charge in [0.2, 0.25) is 11.6 Å². The number of amides is 2. The van der Waals surface area contributed by atoms with Gasteiger partial charge in [-0.15, -0.1) is 0 Å². The molecular formula is C30H42FN3O8. The highest BCUT2D eigenvalue weighted by Crippen LogP contribution is 2.28. The first-order chi connectivity index (χ1) is 19.8. The second kappa shape index (κ2) is 16.1. The number of hydrogen-bond acceptors (Lipinski definition) is 9. The Labute approximate surface area is 245 Å². The maximum Gasteiger partial charge on any atom is 0.405 e. The molecule has 0 radical (unpaired) electrons. The third-order valence-electron chi connectivity index (χ3n) is 7.19. The Balaban J connectivity index is 2.61. The van der Waals surface area contributed by atoms with Crippen LogP contribution in [0.25, 0.3) is 0 Å². The highest BCUT2D eigenvalue weighted by Gasteiger charge is 2.33. The Bertz CT molecular complexity index is 1190. The number of ether oxygens (including phenoxy) is 3. The van der Waals surface area contributed by atoms with Crippen molar-refractivity contribution >= 4 is 23.6 Å². The van der Waals surface area contributed by atoms with Gasteiger partial charge in [0.15, 0.2) is 6.10 Å². The molecule has 5 N–H and O–H groups in total. The Morgan fingerprint density at radius 3 is 2.48 bits per heavy atom. The van der Waals surface area contributed by atoms with E-state index in [9.17, 15) is 28.7 Å². The summed E-state index contributed by atoms with van der Waals surface area (Å²) < 4.78 is 29.4. The fourth-order valence-electron chi connectivity index (χ4n) is 4.95. The number of primary amides is 1. The van der Waals surface area contributed by atoms with Crippen molar-refractivity contribution < 1.29 is 42.9 Å². The van der Waals surface area contributed by atoms with Crippen molar-refractivity contribution in [1.29, 1.82) is 0 Å². The summed E-state index contributed by atoms with van der Waals surface area (Å²) in [5, 5.41) is 16.4. The SMILES string of the molecule is CO[C@H]1/C=C\C=C(/C)C(=O)NC2=CC(=O)C(NCCF)=C(C[C@@H](C)C[C@H](OC)[C@H](O)C(C)/C=C(\C)[C@@H]1OC(N)=O)C2=O. The minimum absolute atomic E-state index is 0.0175. The second-order valence-corrected chi connectivity index (χ2v) is 10.5. The lowest BCUT2D eigenvalue weighted by Gasteiger charge is -2.30. The maximum absolute atomic E-state index is 13.5. The molecule has 6 atom stereocenters. The van der Waals surface area contributed by atoms with Crippen molar-refractivity contribution in [1.82, 2.24) is 10.6 Å². The lowest BCUT2D eigenvalue weighted by atomic mass is 9.85. The van der Waals surface area contributed by atoms with Crippen LogP contribution in [0.1, 0.15) is 40.5 Å². The van der Waals surface area contributed by atoms with Crippen molar-refractivity contribution in [3.63, 3.8) is 0 Å². The summed E-state index contributed by atoms with van der Waals surface area (Å²) in [6, 6.07) is 0. The van der Waals surface area contributed by atoms with Gasteiger partial charge in [-0.05, 0) is 38.2 Å². The molecule has 2 bridgehead atoms. The molecule has 0 saturated heterocycles. The topological polar surface area (TPSA) is 166 Å². The molecule has 0 spiro atoms. The molecule has 11 nitrogen and oxygen atoms in total. The molecule has 0 aromatic heterocycles. The maximum atomic E-state index is 13.5. The Morgan fingerprint density at radius 1 is 1.19 bits per heavy atom. The number of carbonyl (C=O) groups is 4. The number of methoxy groups -OCH3 is 2. The van der Waals surface area contributed by atoms with Gasteiger partial charge in [0.1, 0.15) is 12.8 Å². The number of alkyl halides is 1. The van der Waals surface area contributed by atoms with Crippen molar-refractivity contribution in [2.24, 2.45) is 17.6 Å². The molecule has 0 aromatic carbocycles. The number of aliphatic hydroxyl groups excluding tert-OH is 1. The van der Waals surface area contributed by atoms with Gasteiger partial charge in [0, 0.05) is 43.9 Å². The van der Waals surface area contributed by atoms with Gasteiger partial charge in [-0.25, -0.2) is 9.18 Å². The number of rotatable bonds is 6. The van der Waals surface area contributed by atoms with Crippen LogP contribution in [0, 0.1) is 11.8 Å². The van der Waals surface area contributed by atoms with Crippen LogP contribution in [-0.4, -0.2) is 80.5 Å². The van der Waals surface area contributed by atoms with Gasteiger partial charge in [-0.3, -0.25) is 14.4 Å². The van der Waals surface area contributed by atoms with E-state index in [1.54, 1.807) is 26.0 Å². The van der Waals surface area contributed by atoms with Crippen LogP contribution in [-0.2, 0) is 28.6 Å². The van der Waals surface area contributed by atoms with E-state index in [-0.39, 0.29) is 41.4 Å². The fraction of sp³-hybridized carbons (Fsp3) is 0.533. The number of halogens is 1. The van der Waals surface area contributed by atoms with Gasteiger partial charge < -0.3 is 35.7 Å². The summed E-state index contributed by atoms with van der Waals surface area (Å²) in [5.74, 6) is -2.49. The zero-order chi connectivity index (χ0) is 31.6. The van der Waals surface area contributed by atoms with Crippen molar-refractivity contribution in [3.8, 4) is 0 Å². The Hall–Kier alpha value is -3.61. The van der Waals surface area contributed by atoms with Crippen molar-refractivity contribution in [3.05, 3.63) is 58.5 Å². The Morgan fingerprint density at radius 2 is 1.88 bits per heavy atom. The number of aliphatic hydroxyl groups is 1. The van der Waals surface area contributed by atoms with E-state index in [0.29, 0.717) is 12.0 Å². The van der Waals surface area contributed by atoms with Gasteiger partial charge in [0.05, 0.1) is 23.6 Å². The monoisotopic (exact) mass is 591 g/mol. The molecule has 2 amide bonds. The van der Waals surface area contributed by atoms with E-state index in [0.717, 1.165) is 6.08 Å². The van der Waals surface area contributed by atoms with E-state index >= 15 is 0 Å². The van der Waals surface area contributed by atoms with Gasteiger partial charge in [-0.2, -0.15) is 0 Å². The molecule has 1 heterocycles. The van der Waals surface area contributed by atoms with E-state index in [1.807, 2.05) is 6.92 Å². The molecule has 0 fully saturated rings. The summed E-state index contributed by atoms with van der Waals surface area (Å²) in [6.45, 7) is 5.92. The van der Waals surface area contributed by atoms with E-state index < -0.39 is 60.6 Å². The predicted molar refractivity (Wildman–Crippen MR) is 154 cm³/mol. The molecule has 1 unspecified atom stereocenters. The predicted octanol–water partition coefficient (Wildman–Crippen LogP) is 2.32. The lowest BCUT2D eigenvalue weighted by molar-refractivity contribution is -0.120. The molecule has 2 rings (SSSR count). The first-order valence-corrected chi connectivity index (χ1v) is 13.7. The average molecular weight is 592 g/mol. The first-order valence-electron chi connectivity index (χ1n) is 13.7. The first kappa shape index (κ1) is 34.6. The standard InChI is InChI=1S/C30H42FN3O8/c1-16-12-20-25(33-11-10-31)22(35)15-21(27(20)37)34-29(38)17(2)8-7-9-23(40-5)28(42-30(32)39)19(4)14-18(3)26(36)24(13-16)41-6/h7-9,14-16,18,23-24,26,28,33,36H,10-13H2,1-6H3,(H2,32,39)(H,34,38)/b9-7-,17-8+,19-14+/t16-,18?,23+,24+,26-,28+/m1/s1. The van der Waals surface area contributed by atoms with Crippen LogP contribution >= 0.6 is 0 Å². The molecule has 0 saturated carbocycles. The zero-order valence-electron chi connectivity index (χ0n) is 24.9. The zero-order valence-corrected chi connectivity index (χ0v) is 24.9. The minimum atomic E-state index is -1.02. The molecule has 42 heavy (non-hydrogen) atoms. The van der Waals surface area contributed by atoms with Crippen LogP contribution in [0.4, 0.5) is 9.18 Å². The number of nitrogens with two attached hydrogens (primary N) is 1. The van der Waals surface area contributed by atoms with Crippen LogP contribution < -0.4 is 16.4 Å². The molecule has 0 aromatic rings. The fourth-order valence-corrected chi connectivity index (χ4v) is 4.95. The van der Waals surface area contributed by atoms with E-state index in [4.69, 9.17) is 19.9 Å². The van der Waals surface area contributed by atoms with Crippen LogP contribution in [0.2, 0.25) is 0 Å². The van der Waals surface area contributed by atoms with E-state index in [1.165, 1.54) is 33.3 Å². The third kappa shape index (κ3) is 9.20. The van der Waals surface area contributed by atoms with Crippen LogP contribution in [0.5, 0.6) is 0 Å². The summed E-state index contributed by atoms with van der Waals surface area (Å²) >= 11 is 0. The lowest BCUT2D eigenvalue weighted by Crippen LogP contribution is -2.38.